The van der Waals surface area contributed by atoms with Gasteiger partial charge >= 0.3 is 0 Å². The van der Waals surface area contributed by atoms with Crippen molar-refractivity contribution in [3.63, 3.8) is 0 Å². The number of tetrazole rings is 1. The fourth-order valence-electron chi connectivity index (χ4n) is 3.52. The molecule has 11 nitrogen and oxygen atoms in total. The van der Waals surface area contributed by atoms with Crippen molar-refractivity contribution in [2.75, 3.05) is 32.1 Å². The van der Waals surface area contributed by atoms with Gasteiger partial charge in [-0.05, 0) is 65.7 Å². The van der Waals surface area contributed by atoms with Crippen LogP contribution >= 0.6 is 0 Å². The second kappa shape index (κ2) is 9.96. The van der Waals surface area contributed by atoms with Crippen LogP contribution in [0.2, 0.25) is 0 Å². The van der Waals surface area contributed by atoms with Crippen LogP contribution in [0.3, 0.4) is 0 Å². The second-order valence-corrected chi connectivity index (χ2v) is 9.32. The van der Waals surface area contributed by atoms with Crippen LogP contribution in [0.25, 0.3) is 5.69 Å². The first-order valence-corrected chi connectivity index (χ1v) is 11.9. The number of hydrogen-bond acceptors (Lipinski definition) is 8. The van der Waals surface area contributed by atoms with Gasteiger partial charge in [-0.3, -0.25) is 4.79 Å². The second-order valence-electron chi connectivity index (χ2n) is 7.42. The van der Waals surface area contributed by atoms with Gasteiger partial charge in [0.25, 0.3) is 5.91 Å². The smallest absolute Gasteiger partial charge is 0.262 e. The van der Waals surface area contributed by atoms with Crippen molar-refractivity contribution in [3.8, 4) is 17.2 Å². The standard InChI is InChI=1S/C21H24N6O5S/c1-31-19-10-5-16(13-20(19)33(29,30)26-11-3-2-4-12-26)23-21(28)14-32-18-8-6-17(7-9-18)27-15-22-24-25-27/h5-10,13,15H,2-4,11-12,14H2,1H3,(H,23,28). The number of methoxy groups -OCH3 is 1. The first-order chi connectivity index (χ1) is 16.0. The minimum Gasteiger partial charge on any atom is -0.495 e. The molecule has 1 aliphatic heterocycles. The number of rotatable bonds is 8. The summed E-state index contributed by atoms with van der Waals surface area (Å²) >= 11 is 0. The molecule has 1 aliphatic rings. The zero-order valence-electron chi connectivity index (χ0n) is 18.0. The van der Waals surface area contributed by atoms with Crippen molar-refractivity contribution in [1.82, 2.24) is 24.5 Å². The van der Waals surface area contributed by atoms with Gasteiger partial charge in [0, 0.05) is 18.8 Å². The lowest BCUT2D eigenvalue weighted by Gasteiger charge is -2.26. The predicted molar refractivity (Wildman–Crippen MR) is 119 cm³/mol. The Hall–Kier alpha value is -3.51. The zero-order valence-corrected chi connectivity index (χ0v) is 18.9. The molecule has 33 heavy (non-hydrogen) atoms. The van der Waals surface area contributed by atoms with E-state index >= 15 is 0 Å². The molecule has 0 unspecified atom stereocenters. The Morgan fingerprint density at radius 2 is 1.85 bits per heavy atom. The highest BCUT2D eigenvalue weighted by molar-refractivity contribution is 7.89. The third-order valence-electron chi connectivity index (χ3n) is 5.20. The quantitative estimate of drug-likeness (QED) is 0.526. The molecule has 174 valence electrons. The highest BCUT2D eigenvalue weighted by Crippen LogP contribution is 2.31. The minimum atomic E-state index is -3.73. The maximum absolute atomic E-state index is 13.1. The van der Waals surface area contributed by atoms with E-state index < -0.39 is 15.9 Å². The van der Waals surface area contributed by atoms with E-state index in [1.54, 1.807) is 30.3 Å². The van der Waals surface area contributed by atoms with E-state index in [1.165, 1.54) is 34.6 Å². The van der Waals surface area contributed by atoms with Crippen molar-refractivity contribution in [2.24, 2.45) is 0 Å². The van der Waals surface area contributed by atoms with Crippen LogP contribution < -0.4 is 14.8 Å². The number of nitrogens with zero attached hydrogens (tertiary/aromatic N) is 5. The third-order valence-corrected chi connectivity index (χ3v) is 7.12. The normalized spacial score (nSPS) is 14.6. The van der Waals surface area contributed by atoms with E-state index in [0.29, 0.717) is 24.5 Å². The number of hydrogen-bond donors (Lipinski definition) is 1. The summed E-state index contributed by atoms with van der Waals surface area (Å²) in [6.07, 6.45) is 4.13. The molecular formula is C21H24N6O5S. The summed E-state index contributed by atoms with van der Waals surface area (Å²) in [5.41, 5.74) is 1.09. The maximum atomic E-state index is 13.1. The number of benzene rings is 2. The molecule has 0 radical (unpaired) electrons. The molecule has 12 heteroatoms. The Morgan fingerprint density at radius 3 is 2.52 bits per heavy atom. The molecule has 4 rings (SSSR count). The average Bonchev–Trinajstić information content (AvgIpc) is 3.39. The molecule has 0 spiro atoms. The summed E-state index contributed by atoms with van der Waals surface area (Å²) in [6, 6.07) is 11.4. The van der Waals surface area contributed by atoms with Crippen molar-refractivity contribution in [2.45, 2.75) is 24.2 Å². The van der Waals surface area contributed by atoms with Gasteiger partial charge in [-0.2, -0.15) is 4.31 Å². The summed E-state index contributed by atoms with van der Waals surface area (Å²) in [5, 5.41) is 13.6. The van der Waals surface area contributed by atoms with Gasteiger partial charge in [-0.15, -0.1) is 5.10 Å². The molecular weight excluding hydrogens is 448 g/mol. The van der Waals surface area contributed by atoms with Crippen molar-refractivity contribution in [1.29, 1.82) is 0 Å². The van der Waals surface area contributed by atoms with E-state index in [4.69, 9.17) is 9.47 Å². The van der Waals surface area contributed by atoms with E-state index in [2.05, 4.69) is 20.8 Å². The number of anilines is 1. The molecule has 1 N–H and O–H groups in total. The number of piperidine rings is 1. The van der Waals surface area contributed by atoms with Crippen LogP contribution in [0.4, 0.5) is 5.69 Å². The van der Waals surface area contributed by atoms with Gasteiger partial charge < -0.3 is 14.8 Å². The van der Waals surface area contributed by atoms with Crippen LogP contribution in [0, 0.1) is 0 Å². The topological polar surface area (TPSA) is 129 Å². The number of carbonyl (C=O) groups is 1. The van der Waals surface area contributed by atoms with Gasteiger partial charge in [-0.25, -0.2) is 13.1 Å². The van der Waals surface area contributed by atoms with Gasteiger partial charge in [-0.1, -0.05) is 6.42 Å². The van der Waals surface area contributed by atoms with Gasteiger partial charge in [0.05, 0.1) is 12.8 Å². The molecule has 1 fully saturated rings. The Labute approximate surface area is 191 Å². The van der Waals surface area contributed by atoms with Gasteiger partial charge in [0.15, 0.2) is 6.61 Å². The van der Waals surface area contributed by atoms with E-state index in [1.807, 2.05) is 0 Å². The summed E-state index contributed by atoms with van der Waals surface area (Å²) in [7, 11) is -2.31. The Morgan fingerprint density at radius 1 is 1.09 bits per heavy atom. The predicted octanol–water partition coefficient (Wildman–Crippen LogP) is 1.86. The molecule has 0 aliphatic carbocycles. The number of amides is 1. The number of nitrogens with one attached hydrogen (secondary N) is 1. The summed E-state index contributed by atoms with van der Waals surface area (Å²) in [4.78, 5) is 12.4. The average molecular weight is 473 g/mol. The largest absolute Gasteiger partial charge is 0.495 e. The van der Waals surface area contributed by atoms with Gasteiger partial charge in [0.2, 0.25) is 10.0 Å². The third kappa shape index (κ3) is 5.29. The highest BCUT2D eigenvalue weighted by atomic mass is 32.2. The Balaban J connectivity index is 1.41. The van der Waals surface area contributed by atoms with Crippen LogP contribution in [-0.4, -0.2) is 65.6 Å². The molecule has 0 atom stereocenters. The summed E-state index contributed by atoms with van der Waals surface area (Å²) in [6.45, 7) is 0.703. The maximum Gasteiger partial charge on any atom is 0.262 e. The molecule has 1 amide bonds. The summed E-state index contributed by atoms with van der Waals surface area (Å²) < 4.78 is 40.0. The molecule has 1 aromatic heterocycles. The lowest BCUT2D eigenvalue weighted by atomic mass is 10.2. The first kappa shape index (κ1) is 22.7. The zero-order chi connectivity index (χ0) is 23.3. The molecule has 0 saturated carbocycles. The molecule has 2 heterocycles. The van der Waals surface area contributed by atoms with Crippen molar-refractivity contribution < 1.29 is 22.7 Å². The number of carbonyl (C=O) groups excluding carboxylic acids is 1. The fourth-order valence-corrected chi connectivity index (χ4v) is 5.22. The SMILES string of the molecule is COc1ccc(NC(=O)COc2ccc(-n3cnnn3)cc2)cc1S(=O)(=O)N1CCCCC1. The van der Waals surface area contributed by atoms with Crippen LogP contribution in [0.5, 0.6) is 11.5 Å². The van der Waals surface area contributed by atoms with Crippen LogP contribution in [0.15, 0.2) is 53.7 Å². The first-order valence-electron chi connectivity index (χ1n) is 10.4. The number of aromatic nitrogens is 4. The lowest BCUT2D eigenvalue weighted by molar-refractivity contribution is -0.118. The van der Waals surface area contributed by atoms with Gasteiger partial charge in [0.1, 0.15) is 22.7 Å². The Kier molecular flexibility index (Phi) is 6.84. The van der Waals surface area contributed by atoms with E-state index in [0.717, 1.165) is 24.9 Å². The fraction of sp³-hybridized carbons (Fsp3) is 0.333. The van der Waals surface area contributed by atoms with Crippen molar-refractivity contribution >= 4 is 21.6 Å². The Bertz CT molecular complexity index is 1190. The monoisotopic (exact) mass is 472 g/mol. The molecule has 2 aromatic carbocycles. The molecule has 1 saturated heterocycles. The highest BCUT2D eigenvalue weighted by Gasteiger charge is 2.29. The summed E-state index contributed by atoms with van der Waals surface area (Å²) in [5.74, 6) is 0.300. The minimum absolute atomic E-state index is 0.0313. The van der Waals surface area contributed by atoms with E-state index in [9.17, 15) is 13.2 Å². The number of ether oxygens (including phenoxy) is 2. The van der Waals surface area contributed by atoms with Crippen molar-refractivity contribution in [3.05, 3.63) is 48.8 Å². The van der Waals surface area contributed by atoms with E-state index in [-0.39, 0.29) is 17.3 Å². The lowest BCUT2D eigenvalue weighted by Crippen LogP contribution is -2.35. The van der Waals surface area contributed by atoms with Crippen LogP contribution in [0.1, 0.15) is 19.3 Å². The molecule has 3 aromatic rings. The number of sulfonamides is 1. The molecule has 0 bridgehead atoms. The van der Waals surface area contributed by atoms with Crippen LogP contribution in [-0.2, 0) is 14.8 Å².